The largest absolute Gasteiger partial charge is 0.365 e. The van der Waals surface area contributed by atoms with Crippen molar-refractivity contribution in [2.75, 3.05) is 5.32 Å². The zero-order valence-corrected chi connectivity index (χ0v) is 11.4. The van der Waals surface area contributed by atoms with Gasteiger partial charge in [-0.25, -0.2) is 9.97 Å². The standard InChI is InChI=1S/C12H15ClN4O/c1-4-9-11(13)15-6-16-12(9)14-5-10-7(2)17-18-8(10)3/h6H,4-5H2,1-3H3,(H,14,15,16). The fraction of sp³-hybridized carbons (Fsp3) is 0.417. The van der Waals surface area contributed by atoms with Crippen LogP contribution >= 0.6 is 11.6 Å². The number of nitrogens with zero attached hydrogens (tertiary/aromatic N) is 3. The van der Waals surface area contributed by atoms with E-state index in [-0.39, 0.29) is 0 Å². The molecule has 0 radical (unpaired) electrons. The summed E-state index contributed by atoms with van der Waals surface area (Å²) in [5, 5.41) is 7.66. The molecule has 0 unspecified atom stereocenters. The predicted octanol–water partition coefficient (Wildman–Crippen LogP) is 2.91. The predicted molar refractivity (Wildman–Crippen MR) is 69.7 cm³/mol. The molecule has 2 aromatic rings. The monoisotopic (exact) mass is 266 g/mol. The van der Waals surface area contributed by atoms with Gasteiger partial charge in [0.05, 0.1) is 5.69 Å². The molecule has 0 aliphatic carbocycles. The van der Waals surface area contributed by atoms with Crippen LogP contribution in [0.4, 0.5) is 5.82 Å². The molecule has 0 bridgehead atoms. The number of nitrogens with one attached hydrogen (secondary N) is 1. The highest BCUT2D eigenvalue weighted by Gasteiger charge is 2.11. The van der Waals surface area contributed by atoms with E-state index >= 15 is 0 Å². The van der Waals surface area contributed by atoms with Crippen LogP contribution in [0.2, 0.25) is 5.15 Å². The first-order chi connectivity index (χ1) is 8.63. The van der Waals surface area contributed by atoms with E-state index in [0.29, 0.717) is 11.7 Å². The molecule has 96 valence electrons. The van der Waals surface area contributed by atoms with Crippen molar-refractivity contribution in [2.24, 2.45) is 0 Å². The van der Waals surface area contributed by atoms with Crippen LogP contribution in [0.1, 0.15) is 29.5 Å². The highest BCUT2D eigenvalue weighted by molar-refractivity contribution is 6.30. The molecule has 18 heavy (non-hydrogen) atoms. The second kappa shape index (κ2) is 5.35. The Bertz CT molecular complexity index is 534. The second-order valence-corrected chi connectivity index (χ2v) is 4.36. The fourth-order valence-electron chi connectivity index (χ4n) is 1.78. The van der Waals surface area contributed by atoms with Crippen molar-refractivity contribution in [1.29, 1.82) is 0 Å². The van der Waals surface area contributed by atoms with E-state index in [1.807, 2.05) is 20.8 Å². The summed E-state index contributed by atoms with van der Waals surface area (Å²) in [6.07, 6.45) is 2.24. The molecule has 0 atom stereocenters. The van der Waals surface area contributed by atoms with E-state index in [1.54, 1.807) is 0 Å². The summed E-state index contributed by atoms with van der Waals surface area (Å²) in [5.41, 5.74) is 2.86. The van der Waals surface area contributed by atoms with Gasteiger partial charge >= 0.3 is 0 Å². The third-order valence-corrected chi connectivity index (χ3v) is 3.19. The van der Waals surface area contributed by atoms with Gasteiger partial charge in [0.2, 0.25) is 0 Å². The molecular weight excluding hydrogens is 252 g/mol. The van der Waals surface area contributed by atoms with E-state index in [1.165, 1.54) is 6.33 Å². The van der Waals surface area contributed by atoms with Crippen molar-refractivity contribution < 1.29 is 4.52 Å². The molecule has 0 spiro atoms. The Morgan fingerprint density at radius 3 is 2.67 bits per heavy atom. The van der Waals surface area contributed by atoms with E-state index in [9.17, 15) is 0 Å². The normalized spacial score (nSPS) is 10.7. The smallest absolute Gasteiger partial charge is 0.138 e. The van der Waals surface area contributed by atoms with Crippen LogP contribution in [0.3, 0.4) is 0 Å². The Hall–Kier alpha value is -1.62. The lowest BCUT2D eigenvalue weighted by atomic mass is 10.2. The first kappa shape index (κ1) is 12.8. The van der Waals surface area contributed by atoms with Crippen molar-refractivity contribution in [3.8, 4) is 0 Å². The van der Waals surface area contributed by atoms with Crippen LogP contribution in [0, 0.1) is 13.8 Å². The molecule has 0 aliphatic rings. The highest BCUT2D eigenvalue weighted by atomic mass is 35.5. The van der Waals surface area contributed by atoms with E-state index < -0.39 is 0 Å². The average Bonchev–Trinajstić information content (AvgIpc) is 2.67. The zero-order chi connectivity index (χ0) is 13.1. The first-order valence-electron chi connectivity index (χ1n) is 5.78. The summed E-state index contributed by atoms with van der Waals surface area (Å²) in [5.74, 6) is 1.58. The second-order valence-electron chi connectivity index (χ2n) is 4.00. The van der Waals surface area contributed by atoms with E-state index in [4.69, 9.17) is 16.1 Å². The zero-order valence-electron chi connectivity index (χ0n) is 10.6. The van der Waals surface area contributed by atoms with Crippen molar-refractivity contribution in [3.05, 3.63) is 34.1 Å². The molecule has 1 N–H and O–H groups in total. The van der Waals surface area contributed by atoms with Gasteiger partial charge in [-0.2, -0.15) is 0 Å². The number of hydrogen-bond acceptors (Lipinski definition) is 5. The van der Waals surface area contributed by atoms with Crippen LogP contribution in [0.25, 0.3) is 0 Å². The molecule has 0 amide bonds. The molecule has 0 fully saturated rings. The van der Waals surface area contributed by atoms with Gasteiger partial charge in [0, 0.05) is 17.7 Å². The highest BCUT2D eigenvalue weighted by Crippen LogP contribution is 2.21. The molecule has 2 heterocycles. The van der Waals surface area contributed by atoms with E-state index in [0.717, 1.165) is 34.8 Å². The third kappa shape index (κ3) is 2.46. The van der Waals surface area contributed by atoms with Gasteiger partial charge in [-0.3, -0.25) is 0 Å². The number of hydrogen-bond donors (Lipinski definition) is 1. The molecule has 0 aliphatic heterocycles. The van der Waals surface area contributed by atoms with Crippen LogP contribution < -0.4 is 5.32 Å². The SMILES string of the molecule is CCc1c(Cl)ncnc1NCc1c(C)noc1C. The molecule has 2 rings (SSSR count). The Morgan fingerprint density at radius 2 is 2.06 bits per heavy atom. The number of aryl methyl sites for hydroxylation is 2. The van der Waals surface area contributed by atoms with Gasteiger partial charge in [0.15, 0.2) is 0 Å². The van der Waals surface area contributed by atoms with Gasteiger partial charge < -0.3 is 9.84 Å². The molecule has 5 nitrogen and oxygen atoms in total. The Balaban J connectivity index is 2.18. The third-order valence-electron chi connectivity index (χ3n) is 2.86. The molecule has 6 heteroatoms. The first-order valence-corrected chi connectivity index (χ1v) is 6.16. The topological polar surface area (TPSA) is 63.8 Å². The number of halogens is 1. The maximum absolute atomic E-state index is 6.03. The van der Waals surface area contributed by atoms with Gasteiger partial charge in [-0.15, -0.1) is 0 Å². The summed E-state index contributed by atoms with van der Waals surface area (Å²) in [6, 6.07) is 0. The quantitative estimate of drug-likeness (QED) is 0.862. The van der Waals surface area contributed by atoms with Crippen LogP contribution in [0.15, 0.2) is 10.9 Å². The average molecular weight is 267 g/mol. The van der Waals surface area contributed by atoms with Gasteiger partial charge in [-0.1, -0.05) is 23.7 Å². The Labute approximate surface area is 111 Å². The Kier molecular flexibility index (Phi) is 3.81. The van der Waals surface area contributed by atoms with Crippen molar-refractivity contribution in [3.63, 3.8) is 0 Å². The maximum Gasteiger partial charge on any atom is 0.138 e. The van der Waals surface area contributed by atoms with Crippen molar-refractivity contribution >= 4 is 17.4 Å². The summed E-state index contributed by atoms with van der Waals surface area (Å²) in [7, 11) is 0. The van der Waals surface area contributed by atoms with Crippen LogP contribution in [-0.4, -0.2) is 15.1 Å². The summed E-state index contributed by atoms with van der Waals surface area (Å²) in [4.78, 5) is 8.19. The molecule has 0 saturated heterocycles. The number of aromatic nitrogens is 3. The lowest BCUT2D eigenvalue weighted by Gasteiger charge is -2.10. The summed E-state index contributed by atoms with van der Waals surface area (Å²) >= 11 is 6.03. The summed E-state index contributed by atoms with van der Waals surface area (Å²) in [6.45, 7) is 6.44. The lowest BCUT2D eigenvalue weighted by Crippen LogP contribution is -2.06. The van der Waals surface area contributed by atoms with Gasteiger partial charge in [0.1, 0.15) is 23.1 Å². The molecule has 2 aromatic heterocycles. The summed E-state index contributed by atoms with van der Waals surface area (Å²) < 4.78 is 5.12. The minimum Gasteiger partial charge on any atom is -0.365 e. The Morgan fingerprint density at radius 1 is 1.28 bits per heavy atom. The van der Waals surface area contributed by atoms with Crippen LogP contribution in [-0.2, 0) is 13.0 Å². The van der Waals surface area contributed by atoms with Crippen molar-refractivity contribution in [1.82, 2.24) is 15.1 Å². The lowest BCUT2D eigenvalue weighted by molar-refractivity contribution is 0.392. The fourth-order valence-corrected chi connectivity index (χ4v) is 2.05. The molecule has 0 aromatic carbocycles. The van der Waals surface area contributed by atoms with Crippen LogP contribution in [0.5, 0.6) is 0 Å². The minimum absolute atomic E-state index is 0.494. The van der Waals surface area contributed by atoms with E-state index in [2.05, 4.69) is 20.4 Å². The number of anilines is 1. The molecule has 0 saturated carbocycles. The molecular formula is C12H15ClN4O. The van der Waals surface area contributed by atoms with Gasteiger partial charge in [-0.05, 0) is 20.3 Å². The number of rotatable bonds is 4. The van der Waals surface area contributed by atoms with Crippen molar-refractivity contribution in [2.45, 2.75) is 33.7 Å². The minimum atomic E-state index is 0.494. The van der Waals surface area contributed by atoms with Gasteiger partial charge in [0.25, 0.3) is 0 Å². The maximum atomic E-state index is 6.03.